The fraction of sp³-hybridized carbons (Fsp3) is 0.667. The summed E-state index contributed by atoms with van der Waals surface area (Å²) in [6.07, 6.45) is 4.89. The van der Waals surface area contributed by atoms with Gasteiger partial charge in [-0.05, 0) is 69.9 Å². The van der Waals surface area contributed by atoms with Crippen molar-refractivity contribution < 1.29 is 13.2 Å². The molecule has 1 aromatic carbocycles. The standard InChI is InChI=1S/C21H33N3O3S.ClH/c1-18(25)17-23-10-7-19(8-11-23)6-9-22-12-14-24(15-13-22)20-4-3-5-21(16-20)28(2,26)27;/h3-5,16,19H,6-15,17H2,1-2H3;1H. The van der Waals surface area contributed by atoms with E-state index in [1.807, 2.05) is 12.1 Å². The van der Waals surface area contributed by atoms with Gasteiger partial charge in [-0.3, -0.25) is 14.6 Å². The van der Waals surface area contributed by atoms with Crippen LogP contribution in [0.2, 0.25) is 0 Å². The molecule has 2 fully saturated rings. The smallest absolute Gasteiger partial charge is 0.175 e. The highest BCUT2D eigenvalue weighted by atomic mass is 35.5. The fourth-order valence-electron chi connectivity index (χ4n) is 4.25. The molecule has 2 aliphatic heterocycles. The summed E-state index contributed by atoms with van der Waals surface area (Å²) in [6.45, 7) is 9.42. The minimum atomic E-state index is -3.17. The average Bonchev–Trinajstić information content (AvgIpc) is 2.67. The molecule has 0 unspecified atom stereocenters. The molecule has 3 rings (SSSR count). The van der Waals surface area contributed by atoms with Crippen LogP contribution in [0.25, 0.3) is 0 Å². The van der Waals surface area contributed by atoms with Crippen molar-refractivity contribution in [2.24, 2.45) is 5.92 Å². The number of halogens is 1. The largest absolute Gasteiger partial charge is 0.369 e. The molecule has 6 nitrogen and oxygen atoms in total. The third kappa shape index (κ3) is 7.24. The van der Waals surface area contributed by atoms with Crippen LogP contribution in [0.5, 0.6) is 0 Å². The van der Waals surface area contributed by atoms with E-state index in [0.29, 0.717) is 11.4 Å². The molecule has 2 aliphatic rings. The topological polar surface area (TPSA) is 60.9 Å². The van der Waals surface area contributed by atoms with Gasteiger partial charge >= 0.3 is 0 Å². The molecular weight excluding hydrogens is 410 g/mol. The van der Waals surface area contributed by atoms with Crippen LogP contribution < -0.4 is 4.90 Å². The number of nitrogens with zero attached hydrogens (tertiary/aromatic N) is 3. The Balaban J connectivity index is 0.00000300. The Bertz CT molecular complexity index is 771. The second-order valence-electron chi connectivity index (χ2n) is 8.31. The molecule has 0 aromatic heterocycles. The number of sulfone groups is 1. The van der Waals surface area contributed by atoms with Crippen LogP contribution in [0.1, 0.15) is 26.2 Å². The van der Waals surface area contributed by atoms with Crippen LogP contribution in [0.3, 0.4) is 0 Å². The normalized spacial score (nSPS) is 19.7. The lowest BCUT2D eigenvalue weighted by Crippen LogP contribution is -2.47. The zero-order chi connectivity index (χ0) is 20.1. The minimum Gasteiger partial charge on any atom is -0.369 e. The first-order valence-electron chi connectivity index (χ1n) is 10.3. The van der Waals surface area contributed by atoms with Crippen LogP contribution in [-0.4, -0.2) is 82.6 Å². The van der Waals surface area contributed by atoms with Crippen LogP contribution in [0.15, 0.2) is 29.2 Å². The number of hydrogen-bond donors (Lipinski definition) is 0. The summed E-state index contributed by atoms with van der Waals surface area (Å²) in [5, 5.41) is 0. The van der Waals surface area contributed by atoms with Gasteiger partial charge in [-0.25, -0.2) is 8.42 Å². The van der Waals surface area contributed by atoms with Crippen molar-refractivity contribution in [2.45, 2.75) is 31.1 Å². The van der Waals surface area contributed by atoms with Gasteiger partial charge in [0.05, 0.1) is 11.4 Å². The molecule has 0 amide bonds. The maximum Gasteiger partial charge on any atom is 0.175 e. The van der Waals surface area contributed by atoms with Gasteiger partial charge in [-0.15, -0.1) is 12.4 Å². The molecule has 8 heteroatoms. The van der Waals surface area contributed by atoms with E-state index in [1.54, 1.807) is 19.1 Å². The van der Waals surface area contributed by atoms with E-state index in [-0.39, 0.29) is 18.2 Å². The number of Topliss-reactive ketones (excluding diaryl/α,β-unsaturated/α-hetero) is 1. The zero-order valence-corrected chi connectivity index (χ0v) is 19.2. The number of piperazine rings is 1. The van der Waals surface area contributed by atoms with E-state index in [2.05, 4.69) is 14.7 Å². The number of carbonyl (C=O) groups excluding carboxylic acids is 1. The highest BCUT2D eigenvalue weighted by Crippen LogP contribution is 2.23. The van der Waals surface area contributed by atoms with E-state index >= 15 is 0 Å². The van der Waals surface area contributed by atoms with E-state index in [1.165, 1.54) is 25.5 Å². The number of piperidine rings is 1. The third-order valence-corrected chi connectivity index (χ3v) is 7.10. The van der Waals surface area contributed by atoms with Gasteiger partial charge in [0.25, 0.3) is 0 Å². The molecule has 29 heavy (non-hydrogen) atoms. The molecule has 0 aliphatic carbocycles. The van der Waals surface area contributed by atoms with Gasteiger partial charge in [0.1, 0.15) is 5.78 Å². The molecule has 0 saturated carbocycles. The van der Waals surface area contributed by atoms with Crippen molar-refractivity contribution in [2.75, 3.05) is 63.5 Å². The Kier molecular flexibility index (Phi) is 8.94. The summed E-state index contributed by atoms with van der Waals surface area (Å²) in [5.74, 6) is 1.03. The molecule has 0 bridgehead atoms. The van der Waals surface area contributed by atoms with E-state index in [4.69, 9.17) is 0 Å². The van der Waals surface area contributed by atoms with Crippen molar-refractivity contribution in [3.05, 3.63) is 24.3 Å². The van der Waals surface area contributed by atoms with Crippen LogP contribution in [0.4, 0.5) is 5.69 Å². The first kappa shape index (κ1) is 24.1. The summed E-state index contributed by atoms with van der Waals surface area (Å²) >= 11 is 0. The summed E-state index contributed by atoms with van der Waals surface area (Å²) in [6, 6.07) is 7.28. The monoisotopic (exact) mass is 443 g/mol. The quantitative estimate of drug-likeness (QED) is 0.644. The zero-order valence-electron chi connectivity index (χ0n) is 17.5. The molecule has 0 spiro atoms. The SMILES string of the molecule is CC(=O)CN1CCC(CCN2CCN(c3cccc(S(C)(=O)=O)c3)CC2)CC1.Cl. The average molecular weight is 444 g/mol. The van der Waals surface area contributed by atoms with Gasteiger partial charge in [0.15, 0.2) is 9.84 Å². The second kappa shape index (κ2) is 10.8. The fourth-order valence-corrected chi connectivity index (χ4v) is 4.91. The van der Waals surface area contributed by atoms with Gasteiger partial charge in [0.2, 0.25) is 0 Å². The molecule has 2 heterocycles. The number of carbonyl (C=O) groups is 1. The van der Waals surface area contributed by atoms with Gasteiger partial charge < -0.3 is 4.90 Å². The predicted molar refractivity (Wildman–Crippen MR) is 120 cm³/mol. The van der Waals surface area contributed by atoms with Crippen LogP contribution in [0, 0.1) is 5.92 Å². The van der Waals surface area contributed by atoms with Crippen LogP contribution >= 0.6 is 12.4 Å². The van der Waals surface area contributed by atoms with E-state index in [0.717, 1.165) is 57.4 Å². The molecule has 1 aromatic rings. The minimum absolute atomic E-state index is 0. The molecule has 0 N–H and O–H groups in total. The molecule has 0 radical (unpaired) electrons. The van der Waals surface area contributed by atoms with Crippen molar-refractivity contribution in [3.8, 4) is 0 Å². The summed E-state index contributed by atoms with van der Waals surface area (Å²) in [7, 11) is -3.17. The summed E-state index contributed by atoms with van der Waals surface area (Å²) in [5.41, 5.74) is 1.00. The molecule has 2 saturated heterocycles. The van der Waals surface area contributed by atoms with Crippen molar-refractivity contribution in [1.29, 1.82) is 0 Å². The third-order valence-electron chi connectivity index (χ3n) is 5.99. The lowest BCUT2D eigenvalue weighted by Gasteiger charge is -2.37. The predicted octanol–water partition coefficient (Wildman–Crippen LogP) is 2.33. The number of hydrogen-bond acceptors (Lipinski definition) is 6. The van der Waals surface area contributed by atoms with Crippen LogP contribution in [-0.2, 0) is 14.6 Å². The second-order valence-corrected chi connectivity index (χ2v) is 10.3. The van der Waals surface area contributed by atoms with Gasteiger partial charge in [-0.2, -0.15) is 0 Å². The van der Waals surface area contributed by atoms with Gasteiger partial charge in [0, 0.05) is 38.1 Å². The lowest BCUT2D eigenvalue weighted by molar-refractivity contribution is -0.118. The Morgan fingerprint density at radius 1 is 1.03 bits per heavy atom. The van der Waals surface area contributed by atoms with Crippen molar-refractivity contribution in [1.82, 2.24) is 9.80 Å². The first-order chi connectivity index (χ1) is 13.3. The number of anilines is 1. The summed E-state index contributed by atoms with van der Waals surface area (Å²) < 4.78 is 23.6. The maximum atomic E-state index is 11.8. The number of rotatable bonds is 7. The number of likely N-dealkylation sites (tertiary alicyclic amines) is 1. The van der Waals surface area contributed by atoms with Crippen molar-refractivity contribution >= 4 is 33.7 Å². The number of ketones is 1. The lowest BCUT2D eigenvalue weighted by atomic mass is 9.93. The Labute approximate surface area is 181 Å². The van der Waals surface area contributed by atoms with E-state index in [9.17, 15) is 13.2 Å². The molecular formula is C21H34ClN3O3S. The van der Waals surface area contributed by atoms with E-state index < -0.39 is 9.84 Å². The first-order valence-corrected chi connectivity index (χ1v) is 12.2. The number of benzene rings is 1. The maximum absolute atomic E-state index is 11.8. The summed E-state index contributed by atoms with van der Waals surface area (Å²) in [4.78, 5) is 18.7. The Morgan fingerprint density at radius 3 is 2.28 bits per heavy atom. The highest BCUT2D eigenvalue weighted by molar-refractivity contribution is 7.90. The van der Waals surface area contributed by atoms with Crippen molar-refractivity contribution in [3.63, 3.8) is 0 Å². The van der Waals surface area contributed by atoms with Gasteiger partial charge in [-0.1, -0.05) is 6.07 Å². The Morgan fingerprint density at radius 2 is 1.69 bits per heavy atom. The highest BCUT2D eigenvalue weighted by Gasteiger charge is 2.22. The molecule has 164 valence electrons. The Hall–Kier alpha value is -1.15. The molecule has 0 atom stereocenters.